The highest BCUT2D eigenvalue weighted by molar-refractivity contribution is 5.79. The molecule has 23 heavy (non-hydrogen) atoms. The minimum absolute atomic E-state index is 0.273. The Kier molecular flexibility index (Phi) is 4.37. The van der Waals surface area contributed by atoms with Crippen LogP contribution in [-0.2, 0) is 11.3 Å². The molecule has 0 atom stereocenters. The summed E-state index contributed by atoms with van der Waals surface area (Å²) in [6.45, 7) is 6.13. The number of aliphatic imine (C=N–C) groups is 1. The summed E-state index contributed by atoms with van der Waals surface area (Å²) in [6.07, 6.45) is 2.83. The second kappa shape index (κ2) is 6.44. The lowest BCUT2D eigenvalue weighted by atomic mass is 9.83. The van der Waals surface area contributed by atoms with Crippen molar-refractivity contribution in [2.24, 2.45) is 4.99 Å². The maximum Gasteiger partial charge on any atom is 0.150 e. The van der Waals surface area contributed by atoms with E-state index in [1.165, 1.54) is 0 Å². The number of benzene rings is 1. The largest absolute Gasteiger partial charge is 0.300 e. The van der Waals surface area contributed by atoms with Gasteiger partial charge in [0.05, 0.1) is 5.69 Å². The maximum atomic E-state index is 14.6. The fraction of sp³-hybridized carbons (Fsp3) is 0.389. The molecule has 1 fully saturated rings. The molecule has 0 amide bonds. The molecule has 0 aliphatic heterocycles. The van der Waals surface area contributed by atoms with Crippen molar-refractivity contribution < 1.29 is 9.18 Å². The van der Waals surface area contributed by atoms with Gasteiger partial charge in [0.2, 0.25) is 0 Å². The molecule has 1 aromatic heterocycles. The van der Waals surface area contributed by atoms with Crippen LogP contribution in [-0.4, -0.2) is 22.3 Å². The molecule has 0 N–H and O–H groups in total. The Morgan fingerprint density at radius 3 is 2.65 bits per heavy atom. The summed E-state index contributed by atoms with van der Waals surface area (Å²) in [5.74, 6) is 0.940. The molecule has 1 aromatic carbocycles. The predicted molar refractivity (Wildman–Crippen MR) is 88.7 cm³/mol. The molecule has 0 saturated heterocycles. The number of Topliss-reactive ketones (excluding diaryl/α,β-unsaturated/α-hetero) is 1. The van der Waals surface area contributed by atoms with Gasteiger partial charge in [0, 0.05) is 31.0 Å². The van der Waals surface area contributed by atoms with Gasteiger partial charge in [-0.05, 0) is 50.1 Å². The van der Waals surface area contributed by atoms with Gasteiger partial charge in [-0.2, -0.15) is 5.10 Å². The highest BCUT2D eigenvalue weighted by atomic mass is 19.1. The average molecular weight is 313 g/mol. The van der Waals surface area contributed by atoms with E-state index in [-0.39, 0.29) is 11.7 Å². The fourth-order valence-electron chi connectivity index (χ4n) is 3.16. The predicted octanol–water partition coefficient (Wildman–Crippen LogP) is 4.27. The molecule has 5 heteroatoms. The van der Waals surface area contributed by atoms with Crippen LogP contribution in [0.2, 0.25) is 0 Å². The van der Waals surface area contributed by atoms with Crippen LogP contribution in [0.15, 0.2) is 29.3 Å². The van der Waals surface area contributed by atoms with Crippen LogP contribution >= 0.6 is 0 Å². The van der Waals surface area contributed by atoms with Crippen LogP contribution in [0.4, 0.5) is 10.2 Å². The van der Waals surface area contributed by atoms with E-state index in [1.54, 1.807) is 22.9 Å². The lowest BCUT2D eigenvalue weighted by molar-refractivity contribution is -0.120. The van der Waals surface area contributed by atoms with Crippen molar-refractivity contribution in [3.63, 3.8) is 0 Å². The van der Waals surface area contributed by atoms with Crippen molar-refractivity contribution >= 4 is 18.3 Å². The Balaban J connectivity index is 1.89. The summed E-state index contributed by atoms with van der Waals surface area (Å²) >= 11 is 0. The zero-order valence-electron chi connectivity index (χ0n) is 13.3. The summed E-state index contributed by atoms with van der Waals surface area (Å²) in [5, 5.41) is 4.38. The van der Waals surface area contributed by atoms with Gasteiger partial charge in [-0.15, -0.1) is 0 Å². The summed E-state index contributed by atoms with van der Waals surface area (Å²) in [5.41, 5.74) is 2.01. The average Bonchev–Trinajstić information content (AvgIpc) is 2.98. The zero-order valence-corrected chi connectivity index (χ0v) is 13.3. The van der Waals surface area contributed by atoms with E-state index in [9.17, 15) is 9.18 Å². The van der Waals surface area contributed by atoms with Crippen molar-refractivity contribution in [2.75, 3.05) is 0 Å². The molecule has 0 bridgehead atoms. The monoisotopic (exact) mass is 313 g/mol. The standard InChI is InChI=1S/C18H20FN3O/c1-3-22-18(20-2)11-17(21-22)15-9-6-13(10-16(15)19)12-4-7-14(23)8-5-12/h6,9-12H,2-5,7-8H2,1H3. The number of hydrogen-bond acceptors (Lipinski definition) is 3. The van der Waals surface area contributed by atoms with Crippen LogP contribution in [0.5, 0.6) is 0 Å². The number of aryl methyl sites for hydroxylation is 1. The molecule has 4 nitrogen and oxygen atoms in total. The summed E-state index contributed by atoms with van der Waals surface area (Å²) in [4.78, 5) is 15.2. The van der Waals surface area contributed by atoms with Gasteiger partial charge in [-0.1, -0.05) is 6.07 Å². The fourth-order valence-corrected chi connectivity index (χ4v) is 3.16. The molecule has 1 aliphatic rings. The molecule has 1 aliphatic carbocycles. The van der Waals surface area contributed by atoms with E-state index in [0.717, 1.165) is 18.4 Å². The molecule has 0 spiro atoms. The Morgan fingerprint density at radius 1 is 1.35 bits per heavy atom. The zero-order chi connectivity index (χ0) is 16.4. The van der Waals surface area contributed by atoms with Gasteiger partial charge < -0.3 is 0 Å². The molecular weight excluding hydrogens is 293 g/mol. The summed E-state index contributed by atoms with van der Waals surface area (Å²) in [6, 6.07) is 7.05. The van der Waals surface area contributed by atoms with Crippen LogP contribution in [0.25, 0.3) is 11.3 Å². The lowest BCUT2D eigenvalue weighted by Crippen LogP contribution is -2.12. The van der Waals surface area contributed by atoms with Crippen molar-refractivity contribution in [2.45, 2.75) is 45.1 Å². The Labute approximate surface area is 135 Å². The van der Waals surface area contributed by atoms with E-state index in [2.05, 4.69) is 16.8 Å². The Morgan fingerprint density at radius 2 is 2.09 bits per heavy atom. The van der Waals surface area contributed by atoms with Gasteiger partial charge in [-0.3, -0.25) is 4.79 Å². The highest BCUT2D eigenvalue weighted by Gasteiger charge is 2.21. The van der Waals surface area contributed by atoms with E-state index in [4.69, 9.17) is 0 Å². The topological polar surface area (TPSA) is 47.2 Å². The molecule has 0 radical (unpaired) electrons. The highest BCUT2D eigenvalue weighted by Crippen LogP contribution is 2.34. The van der Waals surface area contributed by atoms with E-state index >= 15 is 0 Å². The maximum absolute atomic E-state index is 14.6. The van der Waals surface area contributed by atoms with Crippen molar-refractivity contribution in [1.29, 1.82) is 0 Å². The number of rotatable bonds is 4. The number of aromatic nitrogens is 2. The quantitative estimate of drug-likeness (QED) is 0.791. The number of halogens is 1. The minimum Gasteiger partial charge on any atom is -0.300 e. The van der Waals surface area contributed by atoms with Crippen molar-refractivity contribution in [1.82, 2.24) is 9.78 Å². The van der Waals surface area contributed by atoms with Gasteiger partial charge >= 0.3 is 0 Å². The second-order valence-electron chi connectivity index (χ2n) is 5.91. The normalized spacial score (nSPS) is 15.8. The van der Waals surface area contributed by atoms with Gasteiger partial charge in [0.1, 0.15) is 17.4 Å². The number of nitrogens with zero attached hydrogens (tertiary/aromatic N) is 3. The van der Waals surface area contributed by atoms with Crippen LogP contribution < -0.4 is 0 Å². The molecule has 3 rings (SSSR count). The number of ketones is 1. The molecule has 1 saturated carbocycles. The van der Waals surface area contributed by atoms with Crippen molar-refractivity contribution in [3.05, 3.63) is 35.6 Å². The number of hydrogen-bond donors (Lipinski definition) is 0. The molecule has 120 valence electrons. The van der Waals surface area contributed by atoms with Gasteiger partial charge in [0.25, 0.3) is 0 Å². The van der Waals surface area contributed by atoms with Crippen LogP contribution in [0, 0.1) is 5.82 Å². The third-order valence-electron chi connectivity index (χ3n) is 4.50. The van der Waals surface area contributed by atoms with Crippen LogP contribution in [0.1, 0.15) is 44.1 Å². The molecule has 1 heterocycles. The molecular formula is C18H20FN3O. The van der Waals surface area contributed by atoms with E-state index < -0.39 is 0 Å². The first-order valence-electron chi connectivity index (χ1n) is 7.98. The lowest BCUT2D eigenvalue weighted by Gasteiger charge is -2.21. The second-order valence-corrected chi connectivity index (χ2v) is 5.91. The third kappa shape index (κ3) is 3.09. The van der Waals surface area contributed by atoms with Gasteiger partial charge in [0.15, 0.2) is 0 Å². The Hall–Kier alpha value is -2.30. The third-order valence-corrected chi connectivity index (χ3v) is 4.50. The van der Waals surface area contributed by atoms with E-state index in [0.29, 0.717) is 42.2 Å². The first-order valence-corrected chi connectivity index (χ1v) is 7.98. The minimum atomic E-state index is -0.282. The first-order chi connectivity index (χ1) is 11.1. The Bertz CT molecular complexity index is 741. The van der Waals surface area contributed by atoms with Crippen molar-refractivity contribution in [3.8, 4) is 11.3 Å². The molecule has 2 aromatic rings. The van der Waals surface area contributed by atoms with Gasteiger partial charge in [-0.25, -0.2) is 14.1 Å². The summed E-state index contributed by atoms with van der Waals surface area (Å²) in [7, 11) is 0. The van der Waals surface area contributed by atoms with E-state index in [1.807, 2.05) is 13.0 Å². The van der Waals surface area contributed by atoms with Crippen LogP contribution in [0.3, 0.4) is 0 Å². The SMILES string of the molecule is C=Nc1cc(-c2ccc(C3CCC(=O)CC3)cc2F)nn1CC. The number of carbonyl (C=O) groups excluding carboxylic acids is 1. The number of carbonyl (C=O) groups is 1. The smallest absolute Gasteiger partial charge is 0.150 e. The first kappa shape index (κ1) is 15.6. The summed E-state index contributed by atoms with van der Waals surface area (Å²) < 4.78 is 16.3. The molecule has 0 unspecified atom stereocenters.